The normalized spacial score (nSPS) is 11.3. The fraction of sp³-hybridized carbons (Fsp3) is 0.111. The Hall–Kier alpha value is -2.66. The molecule has 4 nitrogen and oxygen atoms in total. The van der Waals surface area contributed by atoms with E-state index in [-0.39, 0.29) is 11.6 Å². The SMILES string of the molecule is CN(C)/C=C/C(=O)c1c(-c2ccc(F)cc2)nn2c(Cl)cccc12. The molecule has 122 valence electrons. The van der Waals surface area contributed by atoms with Crippen molar-refractivity contribution >= 4 is 22.9 Å². The van der Waals surface area contributed by atoms with Gasteiger partial charge >= 0.3 is 0 Å². The van der Waals surface area contributed by atoms with E-state index in [2.05, 4.69) is 5.10 Å². The minimum Gasteiger partial charge on any atom is -0.383 e. The molecular weight excluding hydrogens is 329 g/mol. The summed E-state index contributed by atoms with van der Waals surface area (Å²) in [5.74, 6) is -0.541. The highest BCUT2D eigenvalue weighted by Crippen LogP contribution is 2.29. The average Bonchev–Trinajstić information content (AvgIpc) is 2.94. The number of benzene rings is 1. The number of pyridine rings is 1. The molecule has 1 aromatic carbocycles. The fourth-order valence-electron chi connectivity index (χ4n) is 2.39. The van der Waals surface area contributed by atoms with E-state index < -0.39 is 0 Å². The van der Waals surface area contributed by atoms with E-state index in [1.807, 2.05) is 14.1 Å². The van der Waals surface area contributed by atoms with Crippen LogP contribution in [0.15, 0.2) is 54.7 Å². The number of aromatic nitrogens is 2. The highest BCUT2D eigenvalue weighted by molar-refractivity contribution is 6.30. The van der Waals surface area contributed by atoms with E-state index in [1.165, 1.54) is 22.7 Å². The molecule has 0 unspecified atom stereocenters. The monoisotopic (exact) mass is 343 g/mol. The minimum atomic E-state index is -0.346. The van der Waals surface area contributed by atoms with Crippen molar-refractivity contribution in [3.05, 3.63) is 71.3 Å². The topological polar surface area (TPSA) is 37.6 Å². The summed E-state index contributed by atoms with van der Waals surface area (Å²) in [6.07, 6.45) is 3.15. The van der Waals surface area contributed by atoms with Gasteiger partial charge < -0.3 is 4.90 Å². The largest absolute Gasteiger partial charge is 0.383 e. The fourth-order valence-corrected chi connectivity index (χ4v) is 2.59. The van der Waals surface area contributed by atoms with E-state index in [4.69, 9.17) is 11.6 Å². The molecule has 0 radical (unpaired) electrons. The second-order valence-electron chi connectivity index (χ2n) is 5.52. The molecule has 2 aromatic heterocycles. The molecule has 0 N–H and O–H groups in total. The Morgan fingerprint density at radius 3 is 2.58 bits per heavy atom. The molecule has 3 rings (SSSR count). The summed E-state index contributed by atoms with van der Waals surface area (Å²) in [7, 11) is 3.66. The van der Waals surface area contributed by atoms with Gasteiger partial charge in [0.25, 0.3) is 0 Å². The number of hydrogen-bond acceptors (Lipinski definition) is 3. The van der Waals surface area contributed by atoms with E-state index in [9.17, 15) is 9.18 Å². The highest BCUT2D eigenvalue weighted by atomic mass is 35.5. The zero-order valence-electron chi connectivity index (χ0n) is 13.2. The Kier molecular flexibility index (Phi) is 4.36. The van der Waals surface area contributed by atoms with Crippen LogP contribution in [0.25, 0.3) is 16.8 Å². The summed E-state index contributed by atoms with van der Waals surface area (Å²) in [4.78, 5) is 14.5. The predicted octanol–water partition coefficient (Wildman–Crippen LogP) is 4.05. The number of halogens is 2. The van der Waals surface area contributed by atoms with Crippen LogP contribution < -0.4 is 0 Å². The molecular formula is C18H15ClFN3O. The molecule has 0 atom stereocenters. The van der Waals surface area contributed by atoms with Crippen molar-refractivity contribution in [1.82, 2.24) is 14.5 Å². The lowest BCUT2D eigenvalue weighted by molar-refractivity contribution is 0.104. The molecule has 0 spiro atoms. The first kappa shape index (κ1) is 16.2. The van der Waals surface area contributed by atoms with Gasteiger partial charge in [0, 0.05) is 31.9 Å². The van der Waals surface area contributed by atoms with E-state index in [1.54, 1.807) is 41.4 Å². The number of hydrogen-bond donors (Lipinski definition) is 0. The predicted molar refractivity (Wildman–Crippen MR) is 92.8 cm³/mol. The molecule has 24 heavy (non-hydrogen) atoms. The van der Waals surface area contributed by atoms with Crippen LogP contribution in [-0.2, 0) is 0 Å². The molecule has 0 saturated heterocycles. The summed E-state index contributed by atoms with van der Waals surface area (Å²) >= 11 is 6.19. The molecule has 0 aliphatic heterocycles. The standard InChI is InChI=1S/C18H15ClFN3O/c1-22(2)11-10-15(24)17-14-4-3-5-16(19)23(14)21-18(17)12-6-8-13(20)9-7-12/h3-11H,1-2H3/b11-10+. The molecule has 0 amide bonds. The van der Waals surface area contributed by atoms with Crippen molar-refractivity contribution in [2.45, 2.75) is 0 Å². The molecule has 3 aromatic rings. The molecule has 0 fully saturated rings. The van der Waals surface area contributed by atoms with Crippen LogP contribution in [0, 0.1) is 5.82 Å². The number of allylic oxidation sites excluding steroid dienone is 1. The van der Waals surface area contributed by atoms with E-state index in [0.29, 0.717) is 27.5 Å². The lowest BCUT2D eigenvalue weighted by Crippen LogP contribution is -2.03. The first-order chi connectivity index (χ1) is 11.5. The van der Waals surface area contributed by atoms with Crippen LogP contribution in [0.5, 0.6) is 0 Å². The van der Waals surface area contributed by atoms with Crippen LogP contribution in [0.3, 0.4) is 0 Å². The number of carbonyl (C=O) groups excluding carboxylic acids is 1. The molecule has 0 saturated carbocycles. The zero-order chi connectivity index (χ0) is 17.3. The van der Waals surface area contributed by atoms with Gasteiger partial charge in [0.1, 0.15) is 16.7 Å². The Morgan fingerprint density at radius 2 is 1.92 bits per heavy atom. The van der Waals surface area contributed by atoms with Gasteiger partial charge in [-0.1, -0.05) is 17.7 Å². The van der Waals surface area contributed by atoms with E-state index in [0.717, 1.165) is 0 Å². The average molecular weight is 344 g/mol. The second-order valence-corrected chi connectivity index (χ2v) is 5.91. The first-order valence-corrected chi connectivity index (χ1v) is 7.67. The van der Waals surface area contributed by atoms with Crippen LogP contribution in [0.1, 0.15) is 10.4 Å². The smallest absolute Gasteiger partial charge is 0.191 e. The lowest BCUT2D eigenvalue weighted by Gasteiger charge is -2.04. The summed E-state index contributed by atoms with van der Waals surface area (Å²) < 4.78 is 14.7. The Bertz CT molecular complexity index is 929. The molecule has 0 aliphatic carbocycles. The van der Waals surface area contributed by atoms with Crippen molar-refractivity contribution in [1.29, 1.82) is 0 Å². The van der Waals surface area contributed by atoms with Gasteiger partial charge in [0.05, 0.1) is 11.1 Å². The lowest BCUT2D eigenvalue weighted by atomic mass is 10.0. The van der Waals surface area contributed by atoms with Gasteiger partial charge in [0.15, 0.2) is 5.78 Å². The van der Waals surface area contributed by atoms with Gasteiger partial charge in [-0.15, -0.1) is 0 Å². The van der Waals surface area contributed by atoms with E-state index >= 15 is 0 Å². The third-order valence-electron chi connectivity index (χ3n) is 3.50. The first-order valence-electron chi connectivity index (χ1n) is 7.29. The van der Waals surface area contributed by atoms with Gasteiger partial charge in [-0.05, 0) is 36.4 Å². The molecule has 0 bridgehead atoms. The third-order valence-corrected chi connectivity index (χ3v) is 3.79. The maximum atomic E-state index is 13.2. The minimum absolute atomic E-state index is 0.194. The van der Waals surface area contributed by atoms with Crippen LogP contribution in [0.4, 0.5) is 4.39 Å². The Balaban J connectivity index is 2.24. The van der Waals surface area contributed by atoms with Gasteiger partial charge in [0.2, 0.25) is 0 Å². The van der Waals surface area contributed by atoms with Crippen molar-refractivity contribution in [2.24, 2.45) is 0 Å². The van der Waals surface area contributed by atoms with Gasteiger partial charge in [-0.2, -0.15) is 5.10 Å². The summed E-state index contributed by atoms with van der Waals surface area (Å²) in [5, 5.41) is 4.85. The summed E-state index contributed by atoms with van der Waals surface area (Å²) in [6, 6.07) is 11.1. The number of rotatable bonds is 4. The van der Waals surface area contributed by atoms with Gasteiger partial charge in [-0.3, -0.25) is 4.79 Å². The third kappa shape index (κ3) is 3.03. The maximum Gasteiger partial charge on any atom is 0.191 e. The number of ketones is 1. The molecule has 0 aliphatic rings. The summed E-state index contributed by atoms with van der Waals surface area (Å²) in [5.41, 5.74) is 2.16. The summed E-state index contributed by atoms with van der Waals surface area (Å²) in [6.45, 7) is 0. The van der Waals surface area contributed by atoms with Crippen molar-refractivity contribution in [3.63, 3.8) is 0 Å². The number of nitrogens with zero attached hydrogens (tertiary/aromatic N) is 3. The van der Waals surface area contributed by atoms with Crippen molar-refractivity contribution in [2.75, 3.05) is 14.1 Å². The molecule has 6 heteroatoms. The van der Waals surface area contributed by atoms with Crippen molar-refractivity contribution < 1.29 is 9.18 Å². The van der Waals surface area contributed by atoms with Crippen LogP contribution in [-0.4, -0.2) is 34.4 Å². The van der Waals surface area contributed by atoms with Gasteiger partial charge in [-0.25, -0.2) is 8.91 Å². The molecule has 2 heterocycles. The zero-order valence-corrected chi connectivity index (χ0v) is 14.0. The Labute approximate surface area is 143 Å². The van der Waals surface area contributed by atoms with Crippen LogP contribution in [0.2, 0.25) is 5.15 Å². The second kappa shape index (κ2) is 6.45. The number of fused-ring (bicyclic) bond motifs is 1. The Morgan fingerprint density at radius 1 is 1.21 bits per heavy atom. The maximum absolute atomic E-state index is 13.2. The highest BCUT2D eigenvalue weighted by Gasteiger charge is 2.20. The van der Waals surface area contributed by atoms with Crippen LogP contribution >= 0.6 is 11.6 Å². The quantitative estimate of drug-likeness (QED) is 0.407. The van der Waals surface area contributed by atoms with Crippen molar-refractivity contribution in [3.8, 4) is 11.3 Å². The number of carbonyl (C=O) groups is 1.